The average Bonchev–Trinajstić information content (AvgIpc) is 2.71. The van der Waals surface area contributed by atoms with E-state index >= 15 is 0 Å². The number of nitrogens with zero attached hydrogens (tertiary/aromatic N) is 2. The summed E-state index contributed by atoms with van der Waals surface area (Å²) in [5, 5.41) is 2.39. The SMILES string of the molecule is Cn1c2ccccc2c(=O)c2c(-c3ccccc3)c3ccccc3nc21. The lowest BCUT2D eigenvalue weighted by molar-refractivity contribution is 0.982. The normalized spacial score (nSPS) is 11.4. The Labute approximate surface area is 150 Å². The van der Waals surface area contributed by atoms with Gasteiger partial charge in [0.05, 0.1) is 16.4 Å². The van der Waals surface area contributed by atoms with E-state index in [1.54, 1.807) is 0 Å². The van der Waals surface area contributed by atoms with Crippen molar-refractivity contribution in [3.05, 3.63) is 89.1 Å². The van der Waals surface area contributed by atoms with Crippen LogP contribution in [0.25, 0.3) is 44.0 Å². The highest BCUT2D eigenvalue weighted by Gasteiger charge is 2.17. The minimum absolute atomic E-state index is 0.0332. The molecule has 0 unspecified atom stereocenters. The lowest BCUT2D eigenvalue weighted by Gasteiger charge is -2.15. The molecular weight excluding hydrogens is 320 g/mol. The summed E-state index contributed by atoms with van der Waals surface area (Å²) in [4.78, 5) is 18.3. The quantitative estimate of drug-likeness (QED) is 0.408. The molecular formula is C23H16N2O. The van der Waals surface area contributed by atoms with Crippen LogP contribution in [0, 0.1) is 0 Å². The smallest absolute Gasteiger partial charge is 0.199 e. The van der Waals surface area contributed by atoms with Gasteiger partial charge in [-0.15, -0.1) is 0 Å². The Kier molecular flexibility index (Phi) is 3.16. The van der Waals surface area contributed by atoms with E-state index in [4.69, 9.17) is 4.98 Å². The fourth-order valence-corrected chi connectivity index (χ4v) is 3.77. The second-order valence-corrected chi connectivity index (χ2v) is 6.47. The number of aryl methyl sites for hydroxylation is 1. The van der Waals surface area contributed by atoms with Gasteiger partial charge in [0.25, 0.3) is 0 Å². The molecule has 5 aromatic rings. The van der Waals surface area contributed by atoms with Gasteiger partial charge in [-0.2, -0.15) is 0 Å². The number of benzene rings is 3. The molecule has 0 aliphatic carbocycles. The first-order chi connectivity index (χ1) is 12.8. The lowest BCUT2D eigenvalue weighted by atomic mass is 9.96. The van der Waals surface area contributed by atoms with Crippen molar-refractivity contribution in [2.45, 2.75) is 0 Å². The van der Waals surface area contributed by atoms with Gasteiger partial charge in [-0.1, -0.05) is 60.7 Å². The topological polar surface area (TPSA) is 34.9 Å². The van der Waals surface area contributed by atoms with E-state index in [0.29, 0.717) is 11.0 Å². The van der Waals surface area contributed by atoms with Crippen LogP contribution in [-0.4, -0.2) is 9.55 Å². The van der Waals surface area contributed by atoms with Crippen LogP contribution >= 0.6 is 0 Å². The summed E-state index contributed by atoms with van der Waals surface area (Å²) in [5.41, 5.74) is 4.52. The maximum Gasteiger partial charge on any atom is 0.199 e. The van der Waals surface area contributed by atoms with E-state index in [9.17, 15) is 4.79 Å². The van der Waals surface area contributed by atoms with Gasteiger partial charge in [-0.05, 0) is 23.8 Å². The van der Waals surface area contributed by atoms with Gasteiger partial charge in [0, 0.05) is 23.4 Å². The number of pyridine rings is 2. The number of rotatable bonds is 1. The minimum atomic E-state index is 0.0332. The molecule has 3 heteroatoms. The third kappa shape index (κ3) is 2.01. The first-order valence-electron chi connectivity index (χ1n) is 8.61. The van der Waals surface area contributed by atoms with Crippen LogP contribution in [0.3, 0.4) is 0 Å². The van der Waals surface area contributed by atoms with Crippen LogP contribution in [0.2, 0.25) is 0 Å². The van der Waals surface area contributed by atoms with Crippen LogP contribution in [-0.2, 0) is 7.05 Å². The molecule has 0 aliphatic rings. The van der Waals surface area contributed by atoms with Crippen molar-refractivity contribution < 1.29 is 0 Å². The summed E-state index contributed by atoms with van der Waals surface area (Å²) < 4.78 is 2.02. The number of aromatic nitrogens is 2. The molecule has 0 saturated heterocycles. The fraction of sp³-hybridized carbons (Fsp3) is 0.0435. The van der Waals surface area contributed by atoms with Crippen LogP contribution < -0.4 is 5.43 Å². The molecule has 0 atom stereocenters. The summed E-state index contributed by atoms with van der Waals surface area (Å²) in [7, 11) is 1.97. The van der Waals surface area contributed by atoms with E-state index < -0.39 is 0 Å². The summed E-state index contributed by atoms with van der Waals surface area (Å²) in [5.74, 6) is 0. The van der Waals surface area contributed by atoms with Gasteiger partial charge < -0.3 is 4.57 Å². The van der Waals surface area contributed by atoms with Crippen molar-refractivity contribution in [3.63, 3.8) is 0 Å². The highest BCUT2D eigenvalue weighted by molar-refractivity contribution is 6.11. The molecule has 26 heavy (non-hydrogen) atoms. The Morgan fingerprint density at radius 2 is 1.42 bits per heavy atom. The predicted molar refractivity (Wildman–Crippen MR) is 107 cm³/mol. The second-order valence-electron chi connectivity index (χ2n) is 6.47. The number of para-hydroxylation sites is 2. The highest BCUT2D eigenvalue weighted by Crippen LogP contribution is 2.34. The Morgan fingerprint density at radius 1 is 0.769 bits per heavy atom. The van der Waals surface area contributed by atoms with E-state index in [1.165, 1.54) is 0 Å². The maximum atomic E-state index is 13.4. The molecule has 0 bridgehead atoms. The third-order valence-corrected chi connectivity index (χ3v) is 4.99. The molecule has 2 aromatic heterocycles. The van der Waals surface area contributed by atoms with E-state index in [-0.39, 0.29) is 5.43 Å². The molecule has 0 radical (unpaired) electrons. The zero-order chi connectivity index (χ0) is 17.7. The molecule has 0 spiro atoms. The van der Waals surface area contributed by atoms with Gasteiger partial charge in [-0.3, -0.25) is 4.79 Å². The lowest BCUT2D eigenvalue weighted by Crippen LogP contribution is -2.12. The molecule has 124 valence electrons. The molecule has 0 saturated carbocycles. The van der Waals surface area contributed by atoms with Crippen LogP contribution in [0.1, 0.15) is 0 Å². The number of fused-ring (bicyclic) bond motifs is 3. The number of hydrogen-bond acceptors (Lipinski definition) is 2. The first kappa shape index (κ1) is 14.8. The van der Waals surface area contributed by atoms with E-state index in [1.807, 2.05) is 78.3 Å². The fourth-order valence-electron chi connectivity index (χ4n) is 3.77. The molecule has 0 N–H and O–H groups in total. The van der Waals surface area contributed by atoms with Crippen LogP contribution in [0.4, 0.5) is 0 Å². The van der Waals surface area contributed by atoms with Gasteiger partial charge in [0.15, 0.2) is 5.43 Å². The molecule has 3 aromatic carbocycles. The van der Waals surface area contributed by atoms with E-state index in [0.717, 1.165) is 32.9 Å². The average molecular weight is 336 g/mol. The van der Waals surface area contributed by atoms with Crippen LogP contribution in [0.15, 0.2) is 83.7 Å². The van der Waals surface area contributed by atoms with Gasteiger partial charge in [0.2, 0.25) is 0 Å². The third-order valence-electron chi connectivity index (χ3n) is 4.99. The summed E-state index contributed by atoms with van der Waals surface area (Å²) in [6.07, 6.45) is 0. The standard InChI is InChI=1S/C23H16N2O/c1-25-19-14-8-6-12-17(19)22(26)21-20(15-9-3-2-4-10-15)16-11-5-7-13-18(16)24-23(21)25/h2-14H,1H3. The number of hydrogen-bond donors (Lipinski definition) is 0. The maximum absolute atomic E-state index is 13.4. The van der Waals surface area contributed by atoms with Crippen LogP contribution in [0.5, 0.6) is 0 Å². The Hall–Kier alpha value is -3.46. The molecule has 3 nitrogen and oxygen atoms in total. The molecule has 5 rings (SSSR count). The van der Waals surface area contributed by atoms with Crippen molar-refractivity contribution in [1.29, 1.82) is 0 Å². The zero-order valence-electron chi connectivity index (χ0n) is 14.3. The van der Waals surface area contributed by atoms with Crippen molar-refractivity contribution in [1.82, 2.24) is 9.55 Å². The van der Waals surface area contributed by atoms with Gasteiger partial charge in [-0.25, -0.2) is 4.98 Å². The first-order valence-corrected chi connectivity index (χ1v) is 8.61. The molecule has 2 heterocycles. The van der Waals surface area contributed by atoms with Crippen molar-refractivity contribution in [2.75, 3.05) is 0 Å². The highest BCUT2D eigenvalue weighted by atomic mass is 16.1. The summed E-state index contributed by atoms with van der Waals surface area (Å²) in [6, 6.07) is 25.8. The van der Waals surface area contributed by atoms with Crippen molar-refractivity contribution >= 4 is 32.8 Å². The molecule has 0 fully saturated rings. The summed E-state index contributed by atoms with van der Waals surface area (Å²) >= 11 is 0. The zero-order valence-corrected chi connectivity index (χ0v) is 14.3. The molecule has 0 aliphatic heterocycles. The summed E-state index contributed by atoms with van der Waals surface area (Å²) in [6.45, 7) is 0. The monoisotopic (exact) mass is 336 g/mol. The van der Waals surface area contributed by atoms with Crippen molar-refractivity contribution in [2.24, 2.45) is 7.05 Å². The largest absolute Gasteiger partial charge is 0.328 e. The van der Waals surface area contributed by atoms with Gasteiger partial charge >= 0.3 is 0 Å². The van der Waals surface area contributed by atoms with E-state index in [2.05, 4.69) is 12.1 Å². The Balaban J connectivity index is 2.14. The molecule has 0 amide bonds. The predicted octanol–water partition coefficient (Wildman–Crippen LogP) is 4.91. The van der Waals surface area contributed by atoms with Crippen molar-refractivity contribution in [3.8, 4) is 11.1 Å². The van der Waals surface area contributed by atoms with Gasteiger partial charge in [0.1, 0.15) is 5.65 Å². The Morgan fingerprint density at radius 3 is 2.23 bits per heavy atom. The minimum Gasteiger partial charge on any atom is -0.328 e. The second kappa shape index (κ2) is 5.53. The Bertz CT molecular complexity index is 1350.